The fourth-order valence-corrected chi connectivity index (χ4v) is 5.54. The molecule has 0 saturated heterocycles. The van der Waals surface area contributed by atoms with E-state index in [4.69, 9.17) is 0 Å². The number of aromatic nitrogens is 2. The highest BCUT2D eigenvalue weighted by Gasteiger charge is 2.25. The van der Waals surface area contributed by atoms with Crippen molar-refractivity contribution in [3.05, 3.63) is 73.7 Å². The minimum atomic E-state index is -0.273. The molecule has 0 aliphatic carbocycles. The van der Waals surface area contributed by atoms with E-state index in [0.29, 0.717) is 11.1 Å². The van der Waals surface area contributed by atoms with Crippen LogP contribution in [0.1, 0.15) is 12.6 Å². The van der Waals surface area contributed by atoms with Crippen molar-refractivity contribution >= 4 is 39.9 Å². The van der Waals surface area contributed by atoms with Crippen molar-refractivity contribution in [1.82, 2.24) is 4.57 Å². The van der Waals surface area contributed by atoms with Gasteiger partial charge in [-0.1, -0.05) is 11.8 Å². The number of nitrogens with zero attached hydrogens (tertiary/aromatic N) is 3. The van der Waals surface area contributed by atoms with Gasteiger partial charge in [0.2, 0.25) is 5.69 Å². The molecular formula is C20H19ClFN3OS2. The number of fused-ring (bicyclic) bond motifs is 1. The van der Waals surface area contributed by atoms with Crippen LogP contribution in [0.25, 0.3) is 11.1 Å². The van der Waals surface area contributed by atoms with Crippen LogP contribution >= 0.6 is 23.1 Å². The molecule has 2 aromatic heterocycles. The van der Waals surface area contributed by atoms with Gasteiger partial charge >= 0.3 is 0 Å². The van der Waals surface area contributed by atoms with Gasteiger partial charge in [-0.25, -0.2) is 8.96 Å². The molecule has 1 aliphatic heterocycles. The summed E-state index contributed by atoms with van der Waals surface area (Å²) in [6.45, 7) is 2.57. The number of benzene rings is 1. The lowest BCUT2D eigenvalue weighted by molar-refractivity contribution is -0.673. The fourth-order valence-electron chi connectivity index (χ4n) is 3.10. The summed E-state index contributed by atoms with van der Waals surface area (Å²) >= 11 is 2.99. The number of pyridine rings is 1. The summed E-state index contributed by atoms with van der Waals surface area (Å²) in [4.78, 5) is 15.9. The van der Waals surface area contributed by atoms with Gasteiger partial charge in [0.25, 0.3) is 5.56 Å². The van der Waals surface area contributed by atoms with E-state index in [1.165, 1.54) is 35.2 Å². The molecule has 1 aromatic carbocycles. The average molecular weight is 436 g/mol. The van der Waals surface area contributed by atoms with Gasteiger partial charge in [0, 0.05) is 36.7 Å². The predicted octanol–water partition coefficient (Wildman–Crippen LogP) is -0.966. The van der Waals surface area contributed by atoms with Crippen LogP contribution in [-0.2, 0) is 13.6 Å². The molecule has 1 aliphatic rings. The summed E-state index contributed by atoms with van der Waals surface area (Å²) in [5.41, 5.74) is 1.82. The van der Waals surface area contributed by atoms with Crippen molar-refractivity contribution in [1.29, 1.82) is 0 Å². The minimum absolute atomic E-state index is 0. The standard InChI is InChI=1S/C20H19FN3OS2.ClH/c1-4-24-17(12-14-7-5-6-10-22(14)2)27-18(19(24)25)20-23(3)15-11-13(21)8-9-16(15)26-20;/h5-12H,4H2,1-3H3;1H/q+1;/p-1/b20-18+;. The molecule has 4 nitrogen and oxygen atoms in total. The Morgan fingerprint density at radius 1 is 1.25 bits per heavy atom. The lowest BCUT2D eigenvalue weighted by Gasteiger charge is -2.12. The van der Waals surface area contributed by atoms with Crippen molar-refractivity contribution in [2.24, 2.45) is 7.05 Å². The van der Waals surface area contributed by atoms with Gasteiger partial charge in [-0.3, -0.25) is 9.36 Å². The molecule has 8 heteroatoms. The molecule has 0 spiro atoms. The van der Waals surface area contributed by atoms with Crippen LogP contribution in [0.15, 0.2) is 52.3 Å². The third kappa shape index (κ3) is 3.50. The largest absolute Gasteiger partial charge is 1.00 e. The van der Waals surface area contributed by atoms with E-state index in [0.717, 1.165) is 26.0 Å². The first-order chi connectivity index (χ1) is 13.0. The molecule has 146 valence electrons. The molecule has 0 bridgehead atoms. The molecule has 0 radical (unpaired) electrons. The normalized spacial score (nSPS) is 15.6. The zero-order valence-electron chi connectivity index (χ0n) is 15.6. The Hall–Kier alpha value is -2.09. The second-order valence-electron chi connectivity index (χ2n) is 6.28. The van der Waals surface area contributed by atoms with Crippen LogP contribution in [0.2, 0.25) is 0 Å². The van der Waals surface area contributed by atoms with Crippen LogP contribution in [0.5, 0.6) is 0 Å². The van der Waals surface area contributed by atoms with Crippen LogP contribution in [0, 0.1) is 5.82 Å². The molecule has 28 heavy (non-hydrogen) atoms. The van der Waals surface area contributed by atoms with Crippen molar-refractivity contribution < 1.29 is 21.4 Å². The summed E-state index contributed by atoms with van der Waals surface area (Å²) in [5.74, 6) is -0.273. The maximum Gasteiger partial charge on any atom is 0.271 e. The van der Waals surface area contributed by atoms with E-state index in [1.807, 2.05) is 61.0 Å². The first-order valence-corrected chi connectivity index (χ1v) is 10.2. The first-order valence-electron chi connectivity index (χ1n) is 8.61. The molecule has 0 unspecified atom stereocenters. The Balaban J connectivity index is 0.00000225. The predicted molar refractivity (Wildman–Crippen MR) is 109 cm³/mol. The van der Waals surface area contributed by atoms with Crippen molar-refractivity contribution in [2.75, 3.05) is 11.9 Å². The minimum Gasteiger partial charge on any atom is -1.00 e. The van der Waals surface area contributed by atoms with Gasteiger partial charge in [0.05, 0.1) is 5.69 Å². The molecule has 0 atom stereocenters. The topological polar surface area (TPSA) is 29.1 Å². The molecule has 3 heterocycles. The van der Waals surface area contributed by atoms with Gasteiger partial charge in [0.1, 0.15) is 27.1 Å². The number of rotatable bonds is 2. The third-order valence-electron chi connectivity index (χ3n) is 4.58. The van der Waals surface area contributed by atoms with Crippen LogP contribution in [0.4, 0.5) is 10.1 Å². The van der Waals surface area contributed by atoms with E-state index < -0.39 is 0 Å². The maximum atomic E-state index is 13.6. The van der Waals surface area contributed by atoms with Crippen molar-refractivity contribution in [3.63, 3.8) is 0 Å². The number of halogens is 2. The van der Waals surface area contributed by atoms with Crippen LogP contribution in [0.3, 0.4) is 0 Å². The molecule has 4 rings (SSSR count). The van der Waals surface area contributed by atoms with Crippen LogP contribution in [-0.4, -0.2) is 11.6 Å². The van der Waals surface area contributed by atoms with Gasteiger partial charge in [-0.05, 0) is 31.2 Å². The zero-order valence-corrected chi connectivity index (χ0v) is 18.0. The molecular weight excluding hydrogens is 417 g/mol. The summed E-state index contributed by atoms with van der Waals surface area (Å²) < 4.78 is 19.0. The van der Waals surface area contributed by atoms with E-state index in [1.54, 1.807) is 10.6 Å². The zero-order chi connectivity index (χ0) is 19.1. The lowest BCUT2D eigenvalue weighted by atomic mass is 10.3. The molecule has 0 saturated carbocycles. The molecule has 3 aromatic rings. The Kier molecular flexibility index (Phi) is 5.98. The second kappa shape index (κ2) is 8.11. The highest BCUT2D eigenvalue weighted by molar-refractivity contribution is 8.08. The number of hydrogen-bond donors (Lipinski definition) is 0. The highest BCUT2D eigenvalue weighted by Crippen LogP contribution is 2.45. The highest BCUT2D eigenvalue weighted by atomic mass is 35.5. The smallest absolute Gasteiger partial charge is 0.271 e. The molecule has 0 fully saturated rings. The van der Waals surface area contributed by atoms with Gasteiger partial charge in [-0.15, -0.1) is 11.3 Å². The fraction of sp³-hybridized carbons (Fsp3) is 0.200. The van der Waals surface area contributed by atoms with Crippen molar-refractivity contribution in [3.8, 4) is 0 Å². The van der Waals surface area contributed by atoms with E-state index >= 15 is 0 Å². The van der Waals surface area contributed by atoms with Gasteiger partial charge in [-0.2, -0.15) is 0 Å². The summed E-state index contributed by atoms with van der Waals surface area (Å²) in [5, 5.41) is 0.852. The number of hydrogen-bond acceptors (Lipinski definition) is 4. The van der Waals surface area contributed by atoms with Gasteiger partial charge < -0.3 is 17.3 Å². The van der Waals surface area contributed by atoms with E-state index in [9.17, 15) is 9.18 Å². The first kappa shape index (κ1) is 20.6. The second-order valence-corrected chi connectivity index (χ2v) is 8.34. The Bertz CT molecular complexity index is 1220. The maximum absolute atomic E-state index is 13.6. The summed E-state index contributed by atoms with van der Waals surface area (Å²) in [6.07, 6.45) is 4.02. The van der Waals surface area contributed by atoms with E-state index in [2.05, 4.69) is 0 Å². The number of anilines is 1. The number of aryl methyl sites for hydroxylation is 1. The van der Waals surface area contributed by atoms with E-state index in [-0.39, 0.29) is 23.8 Å². The molecule has 0 N–H and O–H groups in total. The summed E-state index contributed by atoms with van der Waals surface area (Å²) in [6, 6.07) is 10.7. The lowest BCUT2D eigenvalue weighted by Crippen LogP contribution is -3.00. The monoisotopic (exact) mass is 435 g/mol. The Morgan fingerprint density at radius 3 is 2.75 bits per heavy atom. The Morgan fingerprint density at radius 2 is 2.04 bits per heavy atom. The quantitative estimate of drug-likeness (QED) is 0.485. The third-order valence-corrected chi connectivity index (χ3v) is 7.07. The number of thioether (sulfide) groups is 1. The average Bonchev–Trinajstić information content (AvgIpc) is 3.14. The van der Waals surface area contributed by atoms with Crippen molar-refractivity contribution in [2.45, 2.75) is 18.4 Å². The summed E-state index contributed by atoms with van der Waals surface area (Å²) in [7, 11) is 3.86. The van der Waals surface area contributed by atoms with Crippen LogP contribution < -0.4 is 36.6 Å². The SMILES string of the molecule is CCn1c(=O)/c(=C2\Sc3ccc(F)cc3N2C)s/c1=C\c1cccc[n+]1C.[Cl-]. The Labute approximate surface area is 176 Å². The number of thiazole rings is 1. The molecule has 0 amide bonds. The van der Waals surface area contributed by atoms with Gasteiger partial charge in [0.15, 0.2) is 6.20 Å².